The van der Waals surface area contributed by atoms with Crippen LogP contribution in [0.3, 0.4) is 0 Å². The molecule has 1 aromatic heterocycles. The van der Waals surface area contributed by atoms with Crippen LogP contribution >= 0.6 is 24.0 Å². The van der Waals surface area contributed by atoms with Gasteiger partial charge in [-0.05, 0) is 19.4 Å². The van der Waals surface area contributed by atoms with Crippen molar-refractivity contribution in [1.82, 2.24) is 20.6 Å². The zero-order valence-electron chi connectivity index (χ0n) is 14.9. The lowest BCUT2D eigenvalue weighted by atomic mass is 10.0. The lowest BCUT2D eigenvalue weighted by Crippen LogP contribution is -2.38. The van der Waals surface area contributed by atoms with E-state index < -0.39 is 5.82 Å². The van der Waals surface area contributed by atoms with Crippen molar-refractivity contribution in [3.63, 3.8) is 0 Å². The van der Waals surface area contributed by atoms with Crippen molar-refractivity contribution in [3.8, 4) is 11.6 Å². The van der Waals surface area contributed by atoms with Crippen LogP contribution in [-0.4, -0.2) is 29.0 Å². The van der Waals surface area contributed by atoms with Crippen molar-refractivity contribution in [2.24, 2.45) is 0 Å². The van der Waals surface area contributed by atoms with Gasteiger partial charge in [0.2, 0.25) is 12.3 Å². The third kappa shape index (κ3) is 6.20. The zero-order chi connectivity index (χ0) is 19.1. The summed E-state index contributed by atoms with van der Waals surface area (Å²) in [6, 6.07) is 2.85. The molecule has 0 fully saturated rings. The number of ether oxygens (including phenoxy) is 1. The number of aromatic nitrogens is 2. The Bertz CT molecular complexity index is 749. The zero-order valence-corrected chi connectivity index (χ0v) is 16.5. The number of nitrogens with zero attached hydrogens (tertiary/aromatic N) is 2. The Labute approximate surface area is 168 Å². The number of carbonyl (C=O) groups excluding carboxylic acids is 1. The van der Waals surface area contributed by atoms with E-state index in [1.807, 2.05) is 13.8 Å². The van der Waals surface area contributed by atoms with E-state index in [9.17, 15) is 4.79 Å². The van der Waals surface area contributed by atoms with E-state index in [2.05, 4.69) is 20.6 Å². The molecule has 0 saturated heterocycles. The van der Waals surface area contributed by atoms with Gasteiger partial charge in [0.15, 0.2) is 11.6 Å². The number of anilines is 1. The highest BCUT2D eigenvalue weighted by atomic mass is 35.5. The van der Waals surface area contributed by atoms with Crippen molar-refractivity contribution >= 4 is 36.2 Å². The number of halogens is 3. The van der Waals surface area contributed by atoms with Crippen molar-refractivity contribution in [2.45, 2.75) is 32.4 Å². The van der Waals surface area contributed by atoms with Crippen molar-refractivity contribution in [1.29, 1.82) is 0 Å². The molecule has 1 amide bonds. The molecule has 0 aliphatic rings. The molecule has 10 heteroatoms. The topological polar surface area (TPSA) is 102 Å². The Hall–Kier alpha value is -2.16. The molecule has 7 nitrogen and oxygen atoms in total. The van der Waals surface area contributed by atoms with Crippen LogP contribution in [0.1, 0.15) is 31.9 Å². The molecule has 0 aliphatic heterocycles. The first kappa shape index (κ1) is 22.9. The summed E-state index contributed by atoms with van der Waals surface area (Å²) >= 11 is 6.10. The van der Waals surface area contributed by atoms with Crippen LogP contribution in [0.25, 0.3) is 0 Å². The van der Waals surface area contributed by atoms with Gasteiger partial charge in [-0.15, -0.1) is 12.4 Å². The number of benzene rings is 1. The summed E-state index contributed by atoms with van der Waals surface area (Å²) in [7, 11) is 0. The van der Waals surface area contributed by atoms with Gasteiger partial charge in [-0.3, -0.25) is 4.79 Å². The van der Waals surface area contributed by atoms with Crippen LogP contribution in [0.5, 0.6) is 11.6 Å². The molecule has 0 saturated carbocycles. The maximum atomic E-state index is 15.0. The number of hydrogen-bond acceptors (Lipinski definition) is 6. The minimum absolute atomic E-state index is 0. The van der Waals surface area contributed by atoms with Crippen LogP contribution in [0.2, 0.25) is 5.02 Å². The molecular weight excluding hydrogens is 396 g/mol. The van der Waals surface area contributed by atoms with Crippen LogP contribution in [0, 0.1) is 5.82 Å². The number of carbonyl (C=O) groups is 1. The van der Waals surface area contributed by atoms with Gasteiger partial charge in [-0.2, -0.15) is 0 Å². The Balaban J connectivity index is 0.00000364. The molecule has 0 radical (unpaired) electrons. The van der Waals surface area contributed by atoms with E-state index in [0.717, 1.165) is 0 Å². The summed E-state index contributed by atoms with van der Waals surface area (Å²) in [6.45, 7) is 4.26. The van der Waals surface area contributed by atoms with Crippen LogP contribution in [0.15, 0.2) is 24.5 Å². The van der Waals surface area contributed by atoms with Gasteiger partial charge in [-0.25, -0.2) is 14.4 Å². The lowest BCUT2D eigenvalue weighted by molar-refractivity contribution is -0.109. The number of nitrogens with one attached hydrogen (secondary N) is 2. The van der Waals surface area contributed by atoms with Gasteiger partial charge >= 0.3 is 0 Å². The minimum Gasteiger partial charge on any atom is -0.433 e. The maximum absolute atomic E-state index is 15.0. The van der Waals surface area contributed by atoms with Crippen LogP contribution in [-0.2, 0) is 4.79 Å². The second-order valence-electron chi connectivity index (χ2n) is 5.72. The van der Waals surface area contributed by atoms with Gasteiger partial charge in [0.25, 0.3) is 0 Å². The van der Waals surface area contributed by atoms with Crippen LogP contribution in [0.4, 0.5) is 10.2 Å². The van der Waals surface area contributed by atoms with E-state index in [0.29, 0.717) is 24.9 Å². The fourth-order valence-electron chi connectivity index (χ4n) is 2.45. The second-order valence-corrected chi connectivity index (χ2v) is 6.12. The lowest BCUT2D eigenvalue weighted by Gasteiger charge is -2.23. The second kappa shape index (κ2) is 10.9. The molecule has 1 heterocycles. The van der Waals surface area contributed by atoms with Gasteiger partial charge in [0.1, 0.15) is 5.82 Å². The fraction of sp³-hybridized carbons (Fsp3) is 0.353. The predicted molar refractivity (Wildman–Crippen MR) is 105 cm³/mol. The largest absolute Gasteiger partial charge is 0.433 e. The molecule has 4 N–H and O–H groups in total. The summed E-state index contributed by atoms with van der Waals surface area (Å²) in [5.74, 6) is -0.388. The molecule has 2 rings (SSSR count). The third-order valence-electron chi connectivity index (χ3n) is 3.71. The van der Waals surface area contributed by atoms with Gasteiger partial charge < -0.3 is 21.1 Å². The molecule has 0 spiro atoms. The summed E-state index contributed by atoms with van der Waals surface area (Å²) < 4.78 is 20.5. The molecule has 2 atom stereocenters. The summed E-state index contributed by atoms with van der Waals surface area (Å²) in [5.41, 5.74) is 5.89. The number of hydrogen-bond donors (Lipinski definition) is 3. The number of rotatable bonds is 9. The van der Waals surface area contributed by atoms with Gasteiger partial charge in [0, 0.05) is 24.2 Å². The Morgan fingerprint density at radius 1 is 1.37 bits per heavy atom. The van der Waals surface area contributed by atoms with Gasteiger partial charge in [0.05, 0.1) is 17.4 Å². The SMILES string of the molecule is CC[C@@H](N[C@@H](C)CNC=O)c1ccc(Cl)c(Oc2cnc(N)cn2)c1F.Cl. The number of amides is 1. The first-order chi connectivity index (χ1) is 12.5. The van der Waals surface area contributed by atoms with Gasteiger partial charge in [-0.1, -0.05) is 24.6 Å². The van der Waals surface area contributed by atoms with Crippen LogP contribution < -0.4 is 21.1 Å². The third-order valence-corrected chi connectivity index (χ3v) is 4.01. The van der Waals surface area contributed by atoms with E-state index >= 15 is 4.39 Å². The quantitative estimate of drug-likeness (QED) is 0.541. The first-order valence-electron chi connectivity index (χ1n) is 8.12. The smallest absolute Gasteiger partial charge is 0.238 e. The summed E-state index contributed by atoms with van der Waals surface area (Å²) in [5, 5.41) is 5.99. The number of nitrogens with two attached hydrogens (primary N) is 1. The van der Waals surface area contributed by atoms with Crippen molar-refractivity contribution in [2.75, 3.05) is 12.3 Å². The minimum atomic E-state index is -0.578. The Kier molecular flexibility index (Phi) is 9.20. The highest BCUT2D eigenvalue weighted by Crippen LogP contribution is 2.36. The Morgan fingerprint density at radius 2 is 2.11 bits per heavy atom. The summed E-state index contributed by atoms with van der Waals surface area (Å²) in [4.78, 5) is 18.2. The molecule has 0 unspecified atom stereocenters. The van der Waals surface area contributed by atoms with E-state index in [-0.39, 0.29) is 47.0 Å². The molecule has 0 bridgehead atoms. The highest BCUT2D eigenvalue weighted by molar-refractivity contribution is 6.32. The average Bonchev–Trinajstić information content (AvgIpc) is 2.63. The van der Waals surface area contributed by atoms with Crippen molar-refractivity contribution in [3.05, 3.63) is 40.9 Å². The average molecular weight is 418 g/mol. The predicted octanol–water partition coefficient (Wildman–Crippen LogP) is 3.24. The van der Waals surface area contributed by atoms with Crippen molar-refractivity contribution < 1.29 is 13.9 Å². The standard InChI is InChI=1S/C17H21ClFN5O2.ClH/c1-3-13(24-10(2)6-21-9-25)11-4-5-12(18)17(16(11)19)26-15-8-22-14(20)7-23-15;/h4-5,7-10,13,24H,3,6H2,1-2H3,(H2,20,22)(H,21,25);1H/t10-,13+;/m0./s1. The van der Waals surface area contributed by atoms with E-state index in [4.69, 9.17) is 22.1 Å². The monoisotopic (exact) mass is 417 g/mol. The highest BCUT2D eigenvalue weighted by Gasteiger charge is 2.22. The molecule has 27 heavy (non-hydrogen) atoms. The molecule has 148 valence electrons. The first-order valence-corrected chi connectivity index (χ1v) is 8.50. The summed E-state index contributed by atoms with van der Waals surface area (Å²) in [6.07, 6.45) is 3.86. The Morgan fingerprint density at radius 3 is 2.70 bits per heavy atom. The molecule has 2 aromatic rings. The van der Waals surface area contributed by atoms with E-state index in [1.54, 1.807) is 12.1 Å². The maximum Gasteiger partial charge on any atom is 0.238 e. The number of nitrogen functional groups attached to an aromatic ring is 1. The normalized spacial score (nSPS) is 12.6. The molecule has 1 aromatic carbocycles. The molecule has 0 aliphatic carbocycles. The fourth-order valence-corrected chi connectivity index (χ4v) is 2.63. The van der Waals surface area contributed by atoms with E-state index in [1.165, 1.54) is 12.4 Å². The molecular formula is C17H22Cl2FN5O2.